The Morgan fingerprint density at radius 2 is 1.29 bits per heavy atom. The summed E-state index contributed by atoms with van der Waals surface area (Å²) in [4.78, 5) is 2.59. The summed E-state index contributed by atoms with van der Waals surface area (Å²) in [6, 6.07) is 0. The zero-order valence-electron chi connectivity index (χ0n) is 15.1. The Hall–Kier alpha value is -0.0800. The number of nitrogens with zero attached hydrogens (tertiary/aromatic N) is 1. The van der Waals surface area contributed by atoms with Crippen molar-refractivity contribution in [2.45, 2.75) is 97.7 Å². The quantitative estimate of drug-likeness (QED) is 0.482. The number of ether oxygens (including phenoxy) is 1. The van der Waals surface area contributed by atoms with E-state index in [0.717, 1.165) is 19.0 Å². The molecule has 1 rings (SSSR count). The molecule has 126 valence electrons. The molecule has 0 aromatic heterocycles. The molecule has 1 aliphatic rings. The van der Waals surface area contributed by atoms with E-state index in [-0.39, 0.29) is 0 Å². The van der Waals surface area contributed by atoms with E-state index in [2.05, 4.69) is 32.6 Å². The molecule has 1 saturated heterocycles. The van der Waals surface area contributed by atoms with Crippen molar-refractivity contribution in [2.24, 2.45) is 5.92 Å². The second-order valence-electron chi connectivity index (χ2n) is 7.53. The monoisotopic (exact) mass is 297 g/mol. The van der Waals surface area contributed by atoms with Crippen molar-refractivity contribution in [1.82, 2.24) is 4.90 Å². The molecule has 0 N–H and O–H groups in total. The Labute approximate surface area is 133 Å². The van der Waals surface area contributed by atoms with E-state index in [9.17, 15) is 0 Å². The van der Waals surface area contributed by atoms with Crippen molar-refractivity contribution in [3.63, 3.8) is 0 Å². The van der Waals surface area contributed by atoms with E-state index in [1.807, 2.05) is 0 Å². The number of hydrogen-bond acceptors (Lipinski definition) is 2. The van der Waals surface area contributed by atoms with Gasteiger partial charge in [0, 0.05) is 13.1 Å². The summed E-state index contributed by atoms with van der Waals surface area (Å²) in [6.45, 7) is 12.6. The van der Waals surface area contributed by atoms with Gasteiger partial charge in [-0.1, -0.05) is 65.2 Å². The fraction of sp³-hybridized carbons (Fsp3) is 1.00. The van der Waals surface area contributed by atoms with E-state index in [1.165, 1.54) is 64.3 Å². The van der Waals surface area contributed by atoms with Gasteiger partial charge in [0.25, 0.3) is 0 Å². The molecule has 0 unspecified atom stereocenters. The summed E-state index contributed by atoms with van der Waals surface area (Å²) in [6.07, 6.45) is 13.7. The second kappa shape index (κ2) is 11.5. The van der Waals surface area contributed by atoms with Crippen LogP contribution in [0.3, 0.4) is 0 Å². The highest BCUT2D eigenvalue weighted by Gasteiger charge is 2.21. The molecular weight excluding hydrogens is 258 g/mol. The maximum atomic E-state index is 5.78. The van der Waals surface area contributed by atoms with Crippen LogP contribution in [0.15, 0.2) is 0 Å². The van der Waals surface area contributed by atoms with Crippen LogP contribution in [-0.4, -0.2) is 36.7 Å². The molecule has 2 nitrogen and oxygen atoms in total. The topological polar surface area (TPSA) is 12.5 Å². The third-order valence-corrected chi connectivity index (χ3v) is 4.50. The lowest BCUT2D eigenvalue weighted by molar-refractivity contribution is -0.0681. The van der Waals surface area contributed by atoms with E-state index >= 15 is 0 Å². The van der Waals surface area contributed by atoms with Crippen LogP contribution in [0, 0.1) is 5.92 Å². The van der Waals surface area contributed by atoms with Crippen molar-refractivity contribution < 1.29 is 4.74 Å². The first-order chi connectivity index (χ1) is 10.1. The molecule has 0 saturated carbocycles. The third kappa shape index (κ3) is 10.3. The lowest BCUT2D eigenvalue weighted by atomic mass is 10.0. The van der Waals surface area contributed by atoms with Gasteiger partial charge in [-0.05, 0) is 32.7 Å². The average molecular weight is 298 g/mol. The molecule has 0 aromatic rings. The van der Waals surface area contributed by atoms with Crippen LogP contribution in [0.5, 0.6) is 0 Å². The van der Waals surface area contributed by atoms with Crippen LogP contribution in [0.2, 0.25) is 0 Å². The summed E-state index contributed by atoms with van der Waals surface area (Å²) in [5.74, 6) is 0.885. The number of morpholine rings is 1. The fourth-order valence-corrected chi connectivity index (χ4v) is 3.42. The molecule has 0 spiro atoms. The normalized spacial score (nSPS) is 23.9. The van der Waals surface area contributed by atoms with Gasteiger partial charge in [-0.3, -0.25) is 4.90 Å². The highest BCUT2D eigenvalue weighted by Crippen LogP contribution is 2.14. The molecule has 0 aliphatic carbocycles. The highest BCUT2D eigenvalue weighted by atomic mass is 16.5. The molecule has 1 fully saturated rings. The summed E-state index contributed by atoms with van der Waals surface area (Å²) in [5.41, 5.74) is 0. The van der Waals surface area contributed by atoms with Crippen molar-refractivity contribution in [3.8, 4) is 0 Å². The minimum Gasteiger partial charge on any atom is -0.373 e. The van der Waals surface area contributed by atoms with Crippen LogP contribution in [0.1, 0.15) is 85.5 Å². The first-order valence-corrected chi connectivity index (χ1v) is 9.45. The minimum absolute atomic E-state index is 0.416. The predicted octanol–water partition coefficient (Wildman–Crippen LogP) is 5.26. The van der Waals surface area contributed by atoms with Gasteiger partial charge in [0.05, 0.1) is 12.2 Å². The highest BCUT2D eigenvalue weighted by molar-refractivity contribution is 4.72. The number of rotatable bonds is 11. The molecule has 2 atom stereocenters. The maximum absolute atomic E-state index is 5.78. The van der Waals surface area contributed by atoms with E-state index in [0.29, 0.717) is 12.2 Å². The Bertz CT molecular complexity index is 232. The third-order valence-electron chi connectivity index (χ3n) is 4.50. The van der Waals surface area contributed by atoms with Gasteiger partial charge in [-0.25, -0.2) is 0 Å². The first kappa shape index (κ1) is 19.0. The standard InChI is InChI=1S/C19H39NO/c1-17(2)13-11-9-7-5-6-8-10-12-14-20-15-18(3)21-19(4)16-20/h17-19H,5-16H2,1-4H3/t18-,19-/m1/s1. The van der Waals surface area contributed by atoms with Crippen LogP contribution < -0.4 is 0 Å². The van der Waals surface area contributed by atoms with Crippen LogP contribution in [-0.2, 0) is 4.74 Å². The van der Waals surface area contributed by atoms with Gasteiger partial charge >= 0.3 is 0 Å². The largest absolute Gasteiger partial charge is 0.373 e. The SMILES string of the molecule is CC(C)CCCCCCCCCCN1C[C@@H](C)O[C@H](C)C1. The Morgan fingerprint density at radius 3 is 1.81 bits per heavy atom. The van der Waals surface area contributed by atoms with Crippen LogP contribution in [0.25, 0.3) is 0 Å². The summed E-state index contributed by atoms with van der Waals surface area (Å²) in [7, 11) is 0. The van der Waals surface area contributed by atoms with Gasteiger partial charge in [-0.15, -0.1) is 0 Å². The molecule has 1 aliphatic heterocycles. The number of hydrogen-bond donors (Lipinski definition) is 0. The maximum Gasteiger partial charge on any atom is 0.0678 e. The zero-order chi connectivity index (χ0) is 15.5. The van der Waals surface area contributed by atoms with Gasteiger partial charge < -0.3 is 4.74 Å². The molecule has 1 heterocycles. The Morgan fingerprint density at radius 1 is 0.810 bits per heavy atom. The predicted molar refractivity (Wildman–Crippen MR) is 92.8 cm³/mol. The van der Waals surface area contributed by atoms with Crippen molar-refractivity contribution in [2.75, 3.05) is 19.6 Å². The van der Waals surface area contributed by atoms with E-state index in [4.69, 9.17) is 4.74 Å². The van der Waals surface area contributed by atoms with Gasteiger partial charge in [-0.2, -0.15) is 0 Å². The first-order valence-electron chi connectivity index (χ1n) is 9.45. The molecular formula is C19H39NO. The van der Waals surface area contributed by atoms with Crippen molar-refractivity contribution >= 4 is 0 Å². The van der Waals surface area contributed by atoms with Gasteiger partial charge in [0.1, 0.15) is 0 Å². The molecule has 0 bridgehead atoms. The average Bonchev–Trinajstić information content (AvgIpc) is 2.39. The minimum atomic E-state index is 0.416. The Balaban J connectivity index is 1.84. The summed E-state index contributed by atoms with van der Waals surface area (Å²) < 4.78 is 5.78. The molecule has 2 heteroatoms. The second-order valence-corrected chi connectivity index (χ2v) is 7.53. The molecule has 0 amide bonds. The fourth-order valence-electron chi connectivity index (χ4n) is 3.42. The van der Waals surface area contributed by atoms with Crippen molar-refractivity contribution in [3.05, 3.63) is 0 Å². The van der Waals surface area contributed by atoms with Crippen LogP contribution in [0.4, 0.5) is 0 Å². The van der Waals surface area contributed by atoms with E-state index in [1.54, 1.807) is 0 Å². The summed E-state index contributed by atoms with van der Waals surface area (Å²) >= 11 is 0. The lowest BCUT2D eigenvalue weighted by Crippen LogP contribution is -2.45. The summed E-state index contributed by atoms with van der Waals surface area (Å²) in [5, 5.41) is 0. The van der Waals surface area contributed by atoms with Crippen LogP contribution >= 0.6 is 0 Å². The van der Waals surface area contributed by atoms with Crippen molar-refractivity contribution in [1.29, 1.82) is 0 Å². The van der Waals surface area contributed by atoms with Gasteiger partial charge in [0.2, 0.25) is 0 Å². The molecule has 0 radical (unpaired) electrons. The zero-order valence-corrected chi connectivity index (χ0v) is 15.1. The molecule has 21 heavy (non-hydrogen) atoms. The Kier molecular flexibility index (Phi) is 10.4. The smallest absolute Gasteiger partial charge is 0.0678 e. The van der Waals surface area contributed by atoms with E-state index < -0.39 is 0 Å². The lowest BCUT2D eigenvalue weighted by Gasteiger charge is -2.35. The molecule has 0 aromatic carbocycles. The number of unbranched alkanes of at least 4 members (excludes halogenated alkanes) is 7. The van der Waals surface area contributed by atoms with Gasteiger partial charge in [0.15, 0.2) is 0 Å².